The molecule has 0 unspecified atom stereocenters. The summed E-state index contributed by atoms with van der Waals surface area (Å²) in [6, 6.07) is 15.9. The van der Waals surface area contributed by atoms with Crippen LogP contribution in [0.4, 0.5) is 0 Å². The van der Waals surface area contributed by atoms with Gasteiger partial charge in [0.2, 0.25) is 0 Å². The summed E-state index contributed by atoms with van der Waals surface area (Å²) in [7, 11) is 0. The molecule has 166 valence electrons. The van der Waals surface area contributed by atoms with Crippen LogP contribution in [0, 0.1) is 0 Å². The zero-order valence-electron chi connectivity index (χ0n) is 19.8. The van der Waals surface area contributed by atoms with Crippen LogP contribution in [0.2, 0.25) is 0 Å². The molecule has 0 atom stereocenters. The number of H-pyrrole nitrogens is 1. The van der Waals surface area contributed by atoms with Gasteiger partial charge in [-0.3, -0.25) is 0 Å². The molecule has 0 saturated heterocycles. The normalized spacial score (nSPS) is 13.2. The van der Waals surface area contributed by atoms with Gasteiger partial charge in [-0.2, -0.15) is 0 Å². The number of hydrogen-bond acceptors (Lipinski definition) is 4. The zero-order chi connectivity index (χ0) is 23.1. The summed E-state index contributed by atoms with van der Waals surface area (Å²) in [5, 5.41) is 3.62. The lowest BCUT2D eigenvalue weighted by molar-refractivity contribution is 0.590. The molecule has 0 saturated carbocycles. The van der Waals surface area contributed by atoms with Gasteiger partial charge in [-0.15, -0.1) is 22.7 Å². The molecule has 0 amide bonds. The van der Waals surface area contributed by atoms with Crippen molar-refractivity contribution in [3.63, 3.8) is 0 Å². The number of thiazole rings is 2. The Morgan fingerprint density at radius 1 is 0.758 bits per heavy atom. The lowest BCUT2D eigenvalue weighted by Gasteiger charge is -2.20. The number of aromatic amines is 1. The van der Waals surface area contributed by atoms with Gasteiger partial charge in [-0.05, 0) is 58.4 Å². The van der Waals surface area contributed by atoms with Crippen LogP contribution in [-0.2, 0) is 10.8 Å². The highest BCUT2D eigenvalue weighted by Crippen LogP contribution is 2.41. The van der Waals surface area contributed by atoms with Gasteiger partial charge < -0.3 is 4.98 Å². The summed E-state index contributed by atoms with van der Waals surface area (Å²) in [6.45, 7) is 13.7. The first kappa shape index (κ1) is 20.8. The van der Waals surface area contributed by atoms with Gasteiger partial charge in [0.1, 0.15) is 5.01 Å². The van der Waals surface area contributed by atoms with Gasteiger partial charge in [0, 0.05) is 21.9 Å². The Hall–Kier alpha value is -2.76. The van der Waals surface area contributed by atoms with Gasteiger partial charge in [0.05, 0.1) is 31.5 Å². The van der Waals surface area contributed by atoms with Crippen molar-refractivity contribution >= 4 is 64.9 Å². The molecule has 3 aromatic carbocycles. The summed E-state index contributed by atoms with van der Waals surface area (Å²) in [4.78, 5) is 13.3. The Morgan fingerprint density at radius 3 is 2.24 bits per heavy atom. The van der Waals surface area contributed by atoms with Crippen LogP contribution in [0.5, 0.6) is 0 Å². The minimum atomic E-state index is 0.0391. The molecule has 0 fully saturated rings. The summed E-state index contributed by atoms with van der Waals surface area (Å²) in [5.41, 5.74) is 10.4. The van der Waals surface area contributed by atoms with Crippen LogP contribution < -0.4 is 0 Å². The van der Waals surface area contributed by atoms with E-state index in [2.05, 4.69) is 94.0 Å². The van der Waals surface area contributed by atoms with Gasteiger partial charge in [-0.1, -0.05) is 47.6 Å². The molecule has 6 aromatic rings. The average Bonchev–Trinajstić information content (AvgIpc) is 3.45. The van der Waals surface area contributed by atoms with E-state index in [0.29, 0.717) is 0 Å². The standard InChI is InChI=1S/C28H27N3S2/c1-27(2,3)15-7-8-20-17(9-15)18-10-16(28(4,5)6)11-19(25(18)30-20)26-31-22-13-23-21(29-14-32-23)12-24(22)33-26/h7-14,30H,1-6H3. The maximum absolute atomic E-state index is 5.09. The number of hydrogen-bond donors (Lipinski definition) is 1. The van der Waals surface area contributed by atoms with Crippen LogP contribution in [0.25, 0.3) is 52.8 Å². The molecule has 3 nitrogen and oxygen atoms in total. The SMILES string of the molecule is CC(C)(C)c1ccc2[nH]c3c(-c4nc5cc6scnc6cc5s4)cc(C(C)(C)C)cc3c2c1. The highest BCUT2D eigenvalue weighted by molar-refractivity contribution is 7.22. The van der Waals surface area contributed by atoms with E-state index in [-0.39, 0.29) is 10.8 Å². The summed E-state index contributed by atoms with van der Waals surface area (Å²) in [6.07, 6.45) is 0. The zero-order valence-corrected chi connectivity index (χ0v) is 21.5. The van der Waals surface area contributed by atoms with E-state index < -0.39 is 0 Å². The number of nitrogens with one attached hydrogen (secondary N) is 1. The number of benzene rings is 3. The van der Waals surface area contributed by atoms with E-state index >= 15 is 0 Å². The van der Waals surface area contributed by atoms with E-state index in [9.17, 15) is 0 Å². The number of nitrogens with zero attached hydrogens (tertiary/aromatic N) is 2. The van der Waals surface area contributed by atoms with Crippen molar-refractivity contribution in [3.8, 4) is 10.6 Å². The number of rotatable bonds is 1. The molecule has 0 aliphatic heterocycles. The minimum absolute atomic E-state index is 0.0391. The lowest BCUT2D eigenvalue weighted by atomic mass is 9.84. The molecule has 0 spiro atoms. The Balaban J connectivity index is 1.67. The molecule has 5 heteroatoms. The predicted octanol–water partition coefficient (Wildman–Crippen LogP) is 8.80. The second-order valence-corrected chi connectivity index (χ2v) is 12.9. The van der Waals surface area contributed by atoms with E-state index in [1.807, 2.05) is 5.51 Å². The van der Waals surface area contributed by atoms with Crippen LogP contribution in [0.1, 0.15) is 52.7 Å². The first-order chi connectivity index (χ1) is 15.6. The van der Waals surface area contributed by atoms with Crippen molar-refractivity contribution in [1.29, 1.82) is 0 Å². The molecule has 1 N–H and O–H groups in total. The second kappa shape index (κ2) is 6.87. The third kappa shape index (κ3) is 3.37. The first-order valence-corrected chi connectivity index (χ1v) is 13.0. The smallest absolute Gasteiger partial charge is 0.126 e. The fraction of sp³-hybridized carbons (Fsp3) is 0.286. The van der Waals surface area contributed by atoms with Crippen molar-refractivity contribution in [2.75, 3.05) is 0 Å². The fourth-order valence-electron chi connectivity index (χ4n) is 4.46. The molecule has 3 aromatic heterocycles. The van der Waals surface area contributed by atoms with Crippen molar-refractivity contribution in [2.24, 2.45) is 0 Å². The monoisotopic (exact) mass is 469 g/mol. The fourth-order valence-corrected chi connectivity index (χ4v) is 6.16. The quantitative estimate of drug-likeness (QED) is 0.261. The van der Waals surface area contributed by atoms with Gasteiger partial charge in [0.15, 0.2) is 0 Å². The van der Waals surface area contributed by atoms with Gasteiger partial charge in [0.25, 0.3) is 0 Å². The van der Waals surface area contributed by atoms with Crippen molar-refractivity contribution in [3.05, 3.63) is 59.1 Å². The van der Waals surface area contributed by atoms with Crippen LogP contribution in [-0.4, -0.2) is 15.0 Å². The molecule has 0 radical (unpaired) electrons. The Labute approximate surface area is 201 Å². The van der Waals surface area contributed by atoms with Crippen molar-refractivity contribution < 1.29 is 0 Å². The third-order valence-electron chi connectivity index (χ3n) is 6.51. The summed E-state index contributed by atoms with van der Waals surface area (Å²) < 4.78 is 2.37. The molecule has 6 rings (SSSR count). The van der Waals surface area contributed by atoms with E-state index in [1.54, 1.807) is 22.7 Å². The number of fused-ring (bicyclic) bond motifs is 5. The van der Waals surface area contributed by atoms with Crippen LogP contribution >= 0.6 is 22.7 Å². The molecule has 3 heterocycles. The molecule has 0 aliphatic rings. The summed E-state index contributed by atoms with van der Waals surface area (Å²) >= 11 is 3.42. The molecular formula is C28H27N3S2. The molecule has 0 bridgehead atoms. The maximum atomic E-state index is 5.09. The molecule has 33 heavy (non-hydrogen) atoms. The highest BCUT2D eigenvalue weighted by atomic mass is 32.1. The lowest BCUT2D eigenvalue weighted by Crippen LogP contribution is -2.11. The van der Waals surface area contributed by atoms with Crippen molar-refractivity contribution in [1.82, 2.24) is 15.0 Å². The highest BCUT2D eigenvalue weighted by Gasteiger charge is 2.22. The maximum Gasteiger partial charge on any atom is 0.126 e. The Kier molecular flexibility index (Phi) is 4.34. The van der Waals surface area contributed by atoms with Gasteiger partial charge >= 0.3 is 0 Å². The topological polar surface area (TPSA) is 41.6 Å². The van der Waals surface area contributed by atoms with E-state index in [4.69, 9.17) is 4.98 Å². The second-order valence-electron chi connectivity index (χ2n) is 11.0. The minimum Gasteiger partial charge on any atom is -0.354 e. The Bertz CT molecular complexity index is 1640. The van der Waals surface area contributed by atoms with E-state index in [0.717, 1.165) is 16.0 Å². The van der Waals surface area contributed by atoms with Crippen LogP contribution in [0.15, 0.2) is 48.0 Å². The van der Waals surface area contributed by atoms with Crippen molar-refractivity contribution in [2.45, 2.75) is 52.4 Å². The predicted molar refractivity (Wildman–Crippen MR) is 145 cm³/mol. The molecular weight excluding hydrogens is 442 g/mol. The molecule has 0 aliphatic carbocycles. The average molecular weight is 470 g/mol. The third-order valence-corrected chi connectivity index (χ3v) is 8.35. The largest absolute Gasteiger partial charge is 0.354 e. The first-order valence-electron chi connectivity index (χ1n) is 11.3. The summed E-state index contributed by atoms with van der Waals surface area (Å²) in [5.74, 6) is 0. The number of aromatic nitrogens is 3. The van der Waals surface area contributed by atoms with Gasteiger partial charge in [-0.25, -0.2) is 9.97 Å². The Morgan fingerprint density at radius 2 is 1.48 bits per heavy atom. The van der Waals surface area contributed by atoms with E-state index in [1.165, 1.54) is 47.9 Å². The van der Waals surface area contributed by atoms with Crippen LogP contribution in [0.3, 0.4) is 0 Å².